The van der Waals surface area contributed by atoms with E-state index in [0.717, 1.165) is 24.0 Å². The summed E-state index contributed by atoms with van der Waals surface area (Å²) >= 11 is 6.34. The van der Waals surface area contributed by atoms with E-state index in [1.165, 1.54) is 12.8 Å². The fourth-order valence-corrected chi connectivity index (χ4v) is 3.26. The van der Waals surface area contributed by atoms with Crippen molar-refractivity contribution in [3.05, 3.63) is 53.6 Å². The molecule has 1 N–H and O–H groups in total. The zero-order chi connectivity index (χ0) is 16.9. The number of rotatable bonds is 5. The SMILES string of the molecule is C[C@H](Oc1ccc(-c2ccccc2)cc1Cl)C(=O)NC1CCCC1. The second kappa shape index (κ2) is 7.71. The number of halogens is 1. The van der Waals surface area contributed by atoms with Crippen molar-refractivity contribution in [2.75, 3.05) is 0 Å². The van der Waals surface area contributed by atoms with Gasteiger partial charge in [-0.2, -0.15) is 0 Å². The lowest BCUT2D eigenvalue weighted by Gasteiger charge is -2.19. The summed E-state index contributed by atoms with van der Waals surface area (Å²) in [6, 6.07) is 16.0. The molecule has 24 heavy (non-hydrogen) atoms. The average molecular weight is 344 g/mol. The lowest BCUT2D eigenvalue weighted by molar-refractivity contribution is -0.127. The number of nitrogens with one attached hydrogen (secondary N) is 1. The smallest absolute Gasteiger partial charge is 0.260 e. The summed E-state index contributed by atoms with van der Waals surface area (Å²) in [6.07, 6.45) is 3.93. The van der Waals surface area contributed by atoms with Crippen LogP contribution in [0.3, 0.4) is 0 Å². The van der Waals surface area contributed by atoms with Gasteiger partial charge in [-0.15, -0.1) is 0 Å². The first-order valence-corrected chi connectivity index (χ1v) is 8.83. The predicted molar refractivity (Wildman–Crippen MR) is 97.4 cm³/mol. The zero-order valence-corrected chi connectivity index (χ0v) is 14.6. The standard InChI is InChI=1S/C20H22ClNO2/c1-14(20(23)22-17-9-5-6-10-17)24-19-12-11-16(13-18(19)21)15-7-3-2-4-8-15/h2-4,7-8,11-14,17H,5-6,9-10H2,1H3,(H,22,23)/t14-/m0/s1. The molecule has 1 saturated carbocycles. The minimum atomic E-state index is -0.564. The van der Waals surface area contributed by atoms with Gasteiger partial charge in [0.2, 0.25) is 0 Å². The molecule has 0 radical (unpaired) electrons. The lowest BCUT2D eigenvalue weighted by atomic mass is 10.1. The molecule has 0 aromatic heterocycles. The van der Waals surface area contributed by atoms with E-state index < -0.39 is 6.10 Å². The number of hydrogen-bond acceptors (Lipinski definition) is 2. The number of benzene rings is 2. The van der Waals surface area contributed by atoms with Crippen LogP contribution in [0.1, 0.15) is 32.6 Å². The van der Waals surface area contributed by atoms with Gasteiger partial charge < -0.3 is 10.1 Å². The van der Waals surface area contributed by atoms with Gasteiger partial charge in [0.1, 0.15) is 5.75 Å². The minimum Gasteiger partial charge on any atom is -0.479 e. The Hall–Kier alpha value is -2.00. The molecule has 1 amide bonds. The largest absolute Gasteiger partial charge is 0.479 e. The summed E-state index contributed by atoms with van der Waals surface area (Å²) in [5, 5.41) is 3.56. The maximum absolute atomic E-state index is 12.2. The van der Waals surface area contributed by atoms with E-state index in [1.54, 1.807) is 6.92 Å². The summed E-state index contributed by atoms with van der Waals surface area (Å²) in [6.45, 7) is 1.76. The lowest BCUT2D eigenvalue weighted by Crippen LogP contribution is -2.41. The molecule has 3 rings (SSSR count). The van der Waals surface area contributed by atoms with E-state index in [0.29, 0.717) is 16.8 Å². The quantitative estimate of drug-likeness (QED) is 0.844. The summed E-state index contributed by atoms with van der Waals surface area (Å²) < 4.78 is 5.76. The molecule has 1 fully saturated rings. The van der Waals surface area contributed by atoms with Gasteiger partial charge in [0.05, 0.1) is 5.02 Å². The highest BCUT2D eigenvalue weighted by Gasteiger charge is 2.22. The Morgan fingerprint density at radius 2 is 1.83 bits per heavy atom. The fourth-order valence-electron chi connectivity index (χ4n) is 3.04. The molecule has 0 aliphatic heterocycles. The Balaban J connectivity index is 1.65. The first-order valence-electron chi connectivity index (χ1n) is 8.45. The number of hydrogen-bond donors (Lipinski definition) is 1. The van der Waals surface area contributed by atoms with Gasteiger partial charge in [0, 0.05) is 6.04 Å². The van der Waals surface area contributed by atoms with Crippen LogP contribution in [0, 0.1) is 0 Å². The van der Waals surface area contributed by atoms with Crippen LogP contribution in [-0.4, -0.2) is 18.1 Å². The minimum absolute atomic E-state index is 0.0786. The third kappa shape index (κ3) is 4.09. The summed E-state index contributed by atoms with van der Waals surface area (Å²) in [5.41, 5.74) is 2.12. The second-order valence-electron chi connectivity index (χ2n) is 6.26. The highest BCUT2D eigenvalue weighted by atomic mass is 35.5. The van der Waals surface area contributed by atoms with Crippen molar-refractivity contribution in [1.82, 2.24) is 5.32 Å². The van der Waals surface area contributed by atoms with Crippen LogP contribution in [0.25, 0.3) is 11.1 Å². The highest BCUT2D eigenvalue weighted by Crippen LogP contribution is 2.31. The fraction of sp³-hybridized carbons (Fsp3) is 0.350. The van der Waals surface area contributed by atoms with Crippen LogP contribution in [0.4, 0.5) is 0 Å². The van der Waals surface area contributed by atoms with Gasteiger partial charge in [-0.1, -0.05) is 60.8 Å². The van der Waals surface area contributed by atoms with Crippen molar-refractivity contribution < 1.29 is 9.53 Å². The molecule has 0 saturated heterocycles. The van der Waals surface area contributed by atoms with Crippen LogP contribution in [0.5, 0.6) is 5.75 Å². The van der Waals surface area contributed by atoms with E-state index in [1.807, 2.05) is 48.5 Å². The van der Waals surface area contributed by atoms with E-state index in [2.05, 4.69) is 5.32 Å². The summed E-state index contributed by atoms with van der Waals surface area (Å²) in [5.74, 6) is 0.454. The molecule has 2 aromatic carbocycles. The molecule has 1 atom stereocenters. The molecule has 0 bridgehead atoms. The summed E-state index contributed by atoms with van der Waals surface area (Å²) in [4.78, 5) is 12.2. The topological polar surface area (TPSA) is 38.3 Å². The van der Waals surface area contributed by atoms with Gasteiger partial charge in [0.15, 0.2) is 6.10 Å². The van der Waals surface area contributed by atoms with Crippen LogP contribution in [-0.2, 0) is 4.79 Å². The van der Waals surface area contributed by atoms with Crippen molar-refractivity contribution in [2.24, 2.45) is 0 Å². The molecule has 3 nitrogen and oxygen atoms in total. The van der Waals surface area contributed by atoms with E-state index >= 15 is 0 Å². The Bertz CT molecular complexity index is 696. The maximum Gasteiger partial charge on any atom is 0.260 e. The van der Waals surface area contributed by atoms with Gasteiger partial charge in [-0.05, 0) is 43.0 Å². The van der Waals surface area contributed by atoms with Gasteiger partial charge >= 0.3 is 0 Å². The van der Waals surface area contributed by atoms with Crippen LogP contribution >= 0.6 is 11.6 Å². The van der Waals surface area contributed by atoms with Gasteiger partial charge in [-0.25, -0.2) is 0 Å². The third-order valence-corrected chi connectivity index (χ3v) is 4.71. The number of amides is 1. The average Bonchev–Trinajstić information content (AvgIpc) is 3.10. The van der Waals surface area contributed by atoms with Gasteiger partial charge in [-0.3, -0.25) is 4.79 Å². The van der Waals surface area contributed by atoms with E-state index in [9.17, 15) is 4.79 Å². The van der Waals surface area contributed by atoms with Crippen molar-refractivity contribution in [1.29, 1.82) is 0 Å². The van der Waals surface area contributed by atoms with Crippen molar-refractivity contribution in [3.63, 3.8) is 0 Å². The molecule has 1 aliphatic rings. The molecular formula is C20H22ClNO2. The number of carbonyl (C=O) groups is 1. The molecule has 1 aliphatic carbocycles. The monoisotopic (exact) mass is 343 g/mol. The number of carbonyl (C=O) groups excluding carboxylic acids is 1. The van der Waals surface area contributed by atoms with E-state index in [-0.39, 0.29) is 5.91 Å². The van der Waals surface area contributed by atoms with Crippen molar-refractivity contribution in [3.8, 4) is 16.9 Å². The molecule has 0 spiro atoms. The second-order valence-corrected chi connectivity index (χ2v) is 6.67. The Labute approximate surface area is 148 Å². The predicted octanol–water partition coefficient (Wildman–Crippen LogP) is 4.83. The Morgan fingerprint density at radius 1 is 1.12 bits per heavy atom. The molecule has 0 heterocycles. The van der Waals surface area contributed by atoms with Crippen LogP contribution in [0.15, 0.2) is 48.5 Å². The highest BCUT2D eigenvalue weighted by molar-refractivity contribution is 6.32. The Morgan fingerprint density at radius 3 is 2.50 bits per heavy atom. The van der Waals surface area contributed by atoms with E-state index in [4.69, 9.17) is 16.3 Å². The maximum atomic E-state index is 12.2. The zero-order valence-electron chi connectivity index (χ0n) is 13.8. The molecule has 0 unspecified atom stereocenters. The first-order chi connectivity index (χ1) is 11.6. The van der Waals surface area contributed by atoms with Crippen LogP contribution < -0.4 is 10.1 Å². The van der Waals surface area contributed by atoms with Crippen LogP contribution in [0.2, 0.25) is 5.02 Å². The Kier molecular flexibility index (Phi) is 5.41. The normalized spacial score (nSPS) is 15.9. The number of ether oxygens (including phenoxy) is 1. The molecule has 2 aromatic rings. The van der Waals surface area contributed by atoms with Crippen molar-refractivity contribution >= 4 is 17.5 Å². The molecular weight excluding hydrogens is 322 g/mol. The summed E-state index contributed by atoms with van der Waals surface area (Å²) in [7, 11) is 0. The molecule has 4 heteroatoms. The van der Waals surface area contributed by atoms with Crippen molar-refractivity contribution in [2.45, 2.75) is 44.8 Å². The van der Waals surface area contributed by atoms with Gasteiger partial charge in [0.25, 0.3) is 5.91 Å². The third-order valence-electron chi connectivity index (χ3n) is 4.41. The molecule has 126 valence electrons. The first kappa shape index (κ1) is 16.8.